The summed E-state index contributed by atoms with van der Waals surface area (Å²) in [5.74, 6) is 1.80. The molecular weight excluding hydrogens is 210 g/mol. The van der Waals surface area contributed by atoms with Gasteiger partial charge in [0, 0.05) is 12.1 Å². The van der Waals surface area contributed by atoms with Gasteiger partial charge in [-0.15, -0.1) is 0 Å². The lowest BCUT2D eigenvalue weighted by Gasteiger charge is -2.17. The summed E-state index contributed by atoms with van der Waals surface area (Å²) in [6, 6.07) is 1.98. The Morgan fingerprint density at radius 3 is 2.59 bits per heavy atom. The molecule has 17 heavy (non-hydrogen) atoms. The van der Waals surface area contributed by atoms with E-state index in [0.29, 0.717) is 5.92 Å². The maximum absolute atomic E-state index is 4.71. The van der Waals surface area contributed by atoms with E-state index in [0.717, 1.165) is 11.0 Å². The number of fused-ring (bicyclic) bond motifs is 1. The second kappa shape index (κ2) is 4.86. The number of nitrogens with one attached hydrogen (secondary N) is 1. The van der Waals surface area contributed by atoms with Crippen molar-refractivity contribution in [2.75, 3.05) is 0 Å². The molecule has 1 aliphatic rings. The molecule has 0 unspecified atom stereocenters. The number of aromatic nitrogens is 3. The highest BCUT2D eigenvalue weighted by Crippen LogP contribution is 2.30. The van der Waals surface area contributed by atoms with Crippen molar-refractivity contribution in [3.8, 4) is 0 Å². The Bertz CT molecular complexity index is 448. The summed E-state index contributed by atoms with van der Waals surface area (Å²) < 4.78 is 0. The summed E-state index contributed by atoms with van der Waals surface area (Å²) in [6.07, 6.45) is 13.1. The summed E-state index contributed by atoms with van der Waals surface area (Å²) in [6.45, 7) is 0. The lowest BCUT2D eigenvalue weighted by molar-refractivity contribution is 0.445. The van der Waals surface area contributed by atoms with Crippen molar-refractivity contribution in [1.29, 1.82) is 0 Å². The number of hydrogen-bond acceptors (Lipinski definition) is 2. The quantitative estimate of drug-likeness (QED) is 0.808. The third-order valence-corrected chi connectivity index (χ3v) is 3.79. The van der Waals surface area contributed by atoms with Crippen LogP contribution < -0.4 is 0 Å². The van der Waals surface area contributed by atoms with Crippen LogP contribution in [-0.2, 0) is 0 Å². The van der Waals surface area contributed by atoms with Crippen molar-refractivity contribution in [1.82, 2.24) is 15.0 Å². The van der Waals surface area contributed by atoms with Crippen LogP contribution in [0.15, 0.2) is 18.5 Å². The van der Waals surface area contributed by atoms with Crippen LogP contribution in [-0.4, -0.2) is 15.0 Å². The predicted octanol–water partition coefficient (Wildman–Crippen LogP) is 3.79. The third kappa shape index (κ3) is 2.33. The van der Waals surface area contributed by atoms with Crippen molar-refractivity contribution in [2.45, 2.75) is 50.9 Å². The monoisotopic (exact) mass is 229 g/mol. The molecule has 0 amide bonds. The predicted molar refractivity (Wildman–Crippen MR) is 68.9 cm³/mol. The van der Waals surface area contributed by atoms with E-state index in [1.807, 2.05) is 18.5 Å². The second-order valence-electron chi connectivity index (χ2n) is 5.06. The van der Waals surface area contributed by atoms with Gasteiger partial charge in [0.1, 0.15) is 5.82 Å². The van der Waals surface area contributed by atoms with E-state index in [-0.39, 0.29) is 0 Å². The second-order valence-corrected chi connectivity index (χ2v) is 5.06. The van der Waals surface area contributed by atoms with Crippen molar-refractivity contribution >= 4 is 11.0 Å². The molecule has 1 saturated carbocycles. The van der Waals surface area contributed by atoms with Crippen molar-refractivity contribution < 1.29 is 0 Å². The van der Waals surface area contributed by atoms with Crippen LogP contribution in [0.5, 0.6) is 0 Å². The SMILES string of the molecule is c1cc2nc(C3CCCCCCC3)[nH]c2cn1. The van der Waals surface area contributed by atoms with Gasteiger partial charge in [-0.2, -0.15) is 0 Å². The van der Waals surface area contributed by atoms with E-state index in [2.05, 4.69) is 9.97 Å². The maximum atomic E-state index is 4.71. The molecular formula is C14H19N3. The fraction of sp³-hybridized carbons (Fsp3) is 0.571. The van der Waals surface area contributed by atoms with Crippen molar-refractivity contribution in [3.63, 3.8) is 0 Å². The average Bonchev–Trinajstić information content (AvgIpc) is 2.71. The molecule has 3 rings (SSSR count). The minimum absolute atomic E-state index is 0.627. The Morgan fingerprint density at radius 2 is 1.82 bits per heavy atom. The van der Waals surface area contributed by atoms with Gasteiger partial charge >= 0.3 is 0 Å². The molecule has 2 aromatic rings. The lowest BCUT2D eigenvalue weighted by Crippen LogP contribution is -2.04. The van der Waals surface area contributed by atoms with Crippen LogP contribution in [0.4, 0.5) is 0 Å². The molecule has 1 aliphatic carbocycles. The van der Waals surface area contributed by atoms with Crippen LogP contribution in [0.1, 0.15) is 56.7 Å². The van der Waals surface area contributed by atoms with E-state index < -0.39 is 0 Å². The van der Waals surface area contributed by atoms with Crippen LogP contribution in [0.3, 0.4) is 0 Å². The first kappa shape index (κ1) is 10.8. The fourth-order valence-corrected chi connectivity index (χ4v) is 2.80. The number of H-pyrrole nitrogens is 1. The Labute approximate surface area is 102 Å². The van der Waals surface area contributed by atoms with Crippen LogP contribution in [0.2, 0.25) is 0 Å². The Kier molecular flexibility index (Phi) is 3.08. The summed E-state index contributed by atoms with van der Waals surface area (Å²) in [5, 5.41) is 0. The molecule has 0 spiro atoms. The molecule has 0 aliphatic heterocycles. The highest BCUT2D eigenvalue weighted by molar-refractivity contribution is 5.73. The van der Waals surface area contributed by atoms with E-state index in [4.69, 9.17) is 4.98 Å². The van der Waals surface area contributed by atoms with E-state index >= 15 is 0 Å². The molecule has 3 nitrogen and oxygen atoms in total. The molecule has 2 heterocycles. The normalized spacial score (nSPS) is 19.1. The number of hydrogen-bond donors (Lipinski definition) is 1. The van der Waals surface area contributed by atoms with E-state index in [9.17, 15) is 0 Å². The zero-order valence-corrected chi connectivity index (χ0v) is 10.2. The third-order valence-electron chi connectivity index (χ3n) is 3.79. The number of pyridine rings is 1. The highest BCUT2D eigenvalue weighted by atomic mass is 14.9. The smallest absolute Gasteiger partial charge is 0.110 e. The molecule has 0 aromatic carbocycles. The zero-order chi connectivity index (χ0) is 11.5. The largest absolute Gasteiger partial charge is 0.340 e. The minimum Gasteiger partial charge on any atom is -0.340 e. The minimum atomic E-state index is 0.627. The number of nitrogens with zero attached hydrogens (tertiary/aromatic N) is 2. The van der Waals surface area contributed by atoms with Gasteiger partial charge in [0.05, 0.1) is 17.2 Å². The van der Waals surface area contributed by atoms with Gasteiger partial charge in [-0.1, -0.05) is 32.1 Å². The lowest BCUT2D eigenvalue weighted by atomic mass is 9.91. The average molecular weight is 229 g/mol. The first-order chi connectivity index (χ1) is 8.43. The van der Waals surface area contributed by atoms with Gasteiger partial charge in [0.25, 0.3) is 0 Å². The molecule has 0 saturated heterocycles. The van der Waals surface area contributed by atoms with Crippen molar-refractivity contribution in [3.05, 3.63) is 24.3 Å². The molecule has 90 valence electrons. The Hall–Kier alpha value is -1.38. The standard InChI is InChI=1S/C14H19N3/c1-2-4-6-11(7-5-3-1)14-16-12-8-9-15-10-13(12)17-14/h8-11H,1-7H2,(H,16,17). The summed E-state index contributed by atoms with van der Waals surface area (Å²) in [4.78, 5) is 12.3. The molecule has 1 N–H and O–H groups in total. The topological polar surface area (TPSA) is 41.6 Å². The molecule has 0 bridgehead atoms. The van der Waals surface area contributed by atoms with Crippen molar-refractivity contribution in [2.24, 2.45) is 0 Å². The first-order valence-electron chi connectivity index (χ1n) is 6.73. The van der Waals surface area contributed by atoms with Gasteiger partial charge in [-0.05, 0) is 18.9 Å². The van der Waals surface area contributed by atoms with E-state index in [1.54, 1.807) is 0 Å². The van der Waals surface area contributed by atoms with Gasteiger partial charge in [0.2, 0.25) is 0 Å². The van der Waals surface area contributed by atoms with Gasteiger partial charge < -0.3 is 4.98 Å². The first-order valence-corrected chi connectivity index (χ1v) is 6.73. The molecule has 2 aromatic heterocycles. The van der Waals surface area contributed by atoms with Gasteiger partial charge in [-0.3, -0.25) is 4.98 Å². The fourth-order valence-electron chi connectivity index (χ4n) is 2.80. The Balaban J connectivity index is 1.85. The van der Waals surface area contributed by atoms with Gasteiger partial charge in [0.15, 0.2) is 0 Å². The molecule has 0 radical (unpaired) electrons. The number of rotatable bonds is 1. The van der Waals surface area contributed by atoms with Crippen LogP contribution in [0, 0.1) is 0 Å². The van der Waals surface area contributed by atoms with E-state index in [1.165, 1.54) is 50.8 Å². The maximum Gasteiger partial charge on any atom is 0.110 e. The molecule has 1 fully saturated rings. The Morgan fingerprint density at radius 1 is 1.06 bits per heavy atom. The summed E-state index contributed by atoms with van der Waals surface area (Å²) in [7, 11) is 0. The molecule has 3 heteroatoms. The van der Waals surface area contributed by atoms with Gasteiger partial charge in [-0.25, -0.2) is 4.98 Å². The molecule has 0 atom stereocenters. The van der Waals surface area contributed by atoms with Crippen LogP contribution in [0.25, 0.3) is 11.0 Å². The zero-order valence-electron chi connectivity index (χ0n) is 10.2. The summed E-state index contributed by atoms with van der Waals surface area (Å²) in [5.41, 5.74) is 2.13. The summed E-state index contributed by atoms with van der Waals surface area (Å²) >= 11 is 0. The highest BCUT2D eigenvalue weighted by Gasteiger charge is 2.16. The van der Waals surface area contributed by atoms with Crippen LogP contribution >= 0.6 is 0 Å². The number of imidazole rings is 1. The number of aromatic amines is 1.